The van der Waals surface area contributed by atoms with Gasteiger partial charge in [0.25, 0.3) is 5.69 Å². The van der Waals surface area contributed by atoms with Crippen molar-refractivity contribution in [2.45, 2.75) is 6.42 Å². The molecular weight excluding hydrogens is 254 g/mol. The van der Waals surface area contributed by atoms with E-state index < -0.39 is 14.1 Å². The van der Waals surface area contributed by atoms with Crippen molar-refractivity contribution in [3.05, 3.63) is 39.9 Å². The number of nitro benzene ring substituents is 1. The van der Waals surface area contributed by atoms with Crippen LogP contribution >= 0.6 is 10.8 Å². The van der Waals surface area contributed by atoms with Crippen LogP contribution in [0.2, 0.25) is 0 Å². The van der Waals surface area contributed by atoms with E-state index in [4.69, 9.17) is 4.55 Å². The van der Waals surface area contributed by atoms with Gasteiger partial charge in [-0.05, 0) is 17.2 Å². The molecule has 0 unspecified atom stereocenters. The van der Waals surface area contributed by atoms with E-state index in [1.165, 1.54) is 12.1 Å². The monoisotopic (exact) mass is 263 g/mol. The second-order valence-electron chi connectivity index (χ2n) is 2.89. The lowest BCUT2D eigenvalue weighted by molar-refractivity contribution is -0.385. The fourth-order valence-corrected chi connectivity index (χ4v) is 2.55. The van der Waals surface area contributed by atoms with Crippen LogP contribution in [0.1, 0.15) is 5.56 Å². The van der Waals surface area contributed by atoms with E-state index in [0.717, 1.165) is 0 Å². The fraction of sp³-hybridized carbons (Fsp3) is 0.250. The normalized spacial score (nSPS) is 11.3. The van der Waals surface area contributed by atoms with Gasteiger partial charge < -0.3 is 0 Å². The predicted molar refractivity (Wildman–Crippen MR) is 60.8 cm³/mol. The van der Waals surface area contributed by atoms with Gasteiger partial charge >= 0.3 is 9.15 Å². The third-order valence-electron chi connectivity index (χ3n) is 1.79. The minimum absolute atomic E-state index is 0.0431. The maximum Gasteiger partial charge on any atom is 0.319 e. The predicted octanol–water partition coefficient (Wildman–Crippen LogP) is 1.67. The molecule has 6 nitrogen and oxygen atoms in total. The third kappa shape index (κ3) is 4.17. The molecule has 88 valence electrons. The number of rotatable bonds is 5. The highest BCUT2D eigenvalue weighted by Crippen LogP contribution is 2.20. The molecule has 0 saturated carbocycles. The summed E-state index contributed by atoms with van der Waals surface area (Å²) in [5.41, 5.74) is 0.405. The van der Waals surface area contributed by atoms with Crippen molar-refractivity contribution >= 4 is 25.6 Å². The topological polar surface area (TPSA) is 97.5 Å². The number of para-hydroxylation sites is 1. The Morgan fingerprint density at radius 2 is 2.00 bits per heavy atom. The van der Waals surface area contributed by atoms with Gasteiger partial charge in [0.15, 0.2) is 0 Å². The SMILES string of the molecule is O=[N+]([O-])c1ccccc1CCSS(=O)(=O)O. The van der Waals surface area contributed by atoms with Gasteiger partial charge in [-0.25, -0.2) is 0 Å². The molecule has 1 aromatic rings. The number of benzene rings is 1. The number of aryl methyl sites for hydroxylation is 1. The molecule has 0 fully saturated rings. The molecule has 0 bridgehead atoms. The van der Waals surface area contributed by atoms with E-state index in [9.17, 15) is 18.5 Å². The molecule has 1 aromatic carbocycles. The van der Waals surface area contributed by atoms with Crippen molar-refractivity contribution in [2.24, 2.45) is 0 Å². The average Bonchev–Trinajstić information content (AvgIpc) is 2.16. The van der Waals surface area contributed by atoms with Crippen LogP contribution in [0.25, 0.3) is 0 Å². The Morgan fingerprint density at radius 1 is 1.38 bits per heavy atom. The molecule has 1 rings (SSSR count). The zero-order chi connectivity index (χ0) is 12.2. The lowest BCUT2D eigenvalue weighted by Gasteiger charge is -2.01. The summed E-state index contributed by atoms with van der Waals surface area (Å²) < 4.78 is 29.3. The minimum Gasteiger partial charge on any atom is -0.277 e. The van der Waals surface area contributed by atoms with Crippen molar-refractivity contribution in [3.8, 4) is 0 Å². The Bertz CT molecular complexity index is 485. The smallest absolute Gasteiger partial charge is 0.277 e. The maximum absolute atomic E-state index is 10.6. The van der Waals surface area contributed by atoms with E-state index in [-0.39, 0.29) is 17.9 Å². The summed E-state index contributed by atoms with van der Waals surface area (Å²) in [7, 11) is -3.73. The highest BCUT2D eigenvalue weighted by molar-refractivity contribution is 8.69. The van der Waals surface area contributed by atoms with Crippen LogP contribution < -0.4 is 0 Å². The number of nitro groups is 1. The van der Waals surface area contributed by atoms with E-state index in [2.05, 4.69) is 0 Å². The summed E-state index contributed by atoms with van der Waals surface area (Å²) >= 11 is 0. The van der Waals surface area contributed by atoms with E-state index in [1.54, 1.807) is 12.1 Å². The zero-order valence-corrected chi connectivity index (χ0v) is 9.70. The molecule has 0 aromatic heterocycles. The first-order chi connectivity index (χ1) is 7.40. The maximum atomic E-state index is 10.6. The van der Waals surface area contributed by atoms with Crippen LogP contribution in [0.4, 0.5) is 5.69 Å². The Hall–Kier alpha value is -1.12. The van der Waals surface area contributed by atoms with Crippen LogP contribution in [0.5, 0.6) is 0 Å². The summed E-state index contributed by atoms with van der Waals surface area (Å²) in [6, 6.07) is 6.09. The molecule has 0 amide bonds. The minimum atomic E-state index is -4.08. The van der Waals surface area contributed by atoms with E-state index in [1.807, 2.05) is 0 Å². The first kappa shape index (κ1) is 12.9. The van der Waals surface area contributed by atoms with Crippen LogP contribution in [0.15, 0.2) is 24.3 Å². The molecule has 0 aliphatic carbocycles. The Balaban J connectivity index is 2.71. The molecule has 0 atom stereocenters. The van der Waals surface area contributed by atoms with Gasteiger partial charge in [0.1, 0.15) is 0 Å². The lowest BCUT2D eigenvalue weighted by atomic mass is 10.1. The van der Waals surface area contributed by atoms with Gasteiger partial charge in [-0.1, -0.05) is 18.2 Å². The Kier molecular flexibility index (Phi) is 4.27. The molecule has 0 spiro atoms. The van der Waals surface area contributed by atoms with Crippen LogP contribution in [-0.2, 0) is 15.6 Å². The van der Waals surface area contributed by atoms with Crippen LogP contribution in [-0.4, -0.2) is 23.6 Å². The lowest BCUT2D eigenvalue weighted by Crippen LogP contribution is -1.99. The summed E-state index contributed by atoms with van der Waals surface area (Å²) in [6.45, 7) is 0. The van der Waals surface area contributed by atoms with Gasteiger partial charge in [-0.2, -0.15) is 8.42 Å². The molecular formula is C8H9NO5S2. The molecule has 0 radical (unpaired) electrons. The summed E-state index contributed by atoms with van der Waals surface area (Å²) in [6.07, 6.45) is 0.210. The first-order valence-corrected chi connectivity index (χ1v) is 7.18. The highest BCUT2D eigenvalue weighted by atomic mass is 33.1. The fourth-order valence-electron chi connectivity index (χ4n) is 1.16. The summed E-state index contributed by atoms with van der Waals surface area (Å²) in [4.78, 5) is 10.1. The Morgan fingerprint density at radius 3 is 2.56 bits per heavy atom. The average molecular weight is 263 g/mol. The molecule has 0 saturated heterocycles. The van der Waals surface area contributed by atoms with Crippen LogP contribution in [0.3, 0.4) is 0 Å². The molecule has 0 aliphatic heterocycles. The van der Waals surface area contributed by atoms with Gasteiger partial charge in [0.05, 0.1) is 4.92 Å². The van der Waals surface area contributed by atoms with Crippen molar-refractivity contribution in [2.75, 3.05) is 5.75 Å². The van der Waals surface area contributed by atoms with E-state index in [0.29, 0.717) is 16.4 Å². The quantitative estimate of drug-likeness (QED) is 0.375. The summed E-state index contributed by atoms with van der Waals surface area (Å²) in [5.74, 6) is 0.0731. The second kappa shape index (κ2) is 5.28. The second-order valence-corrected chi connectivity index (χ2v) is 6.36. The molecule has 0 heterocycles. The number of hydrogen-bond acceptors (Lipinski definition) is 5. The van der Waals surface area contributed by atoms with Crippen molar-refractivity contribution in [3.63, 3.8) is 0 Å². The van der Waals surface area contributed by atoms with Crippen molar-refractivity contribution in [1.82, 2.24) is 0 Å². The Labute approximate surface area is 96.0 Å². The number of hydrogen-bond donors (Lipinski definition) is 1. The first-order valence-electron chi connectivity index (χ1n) is 4.24. The van der Waals surface area contributed by atoms with Gasteiger partial charge in [0.2, 0.25) is 0 Å². The van der Waals surface area contributed by atoms with Crippen molar-refractivity contribution < 1.29 is 17.9 Å². The highest BCUT2D eigenvalue weighted by Gasteiger charge is 2.13. The standard InChI is InChI=1S/C8H9NO5S2/c10-9(11)8-4-2-1-3-7(8)5-6-15-16(12,13)14/h1-4H,5-6H2,(H,12,13,14). The van der Waals surface area contributed by atoms with Crippen LogP contribution in [0, 0.1) is 10.1 Å². The van der Waals surface area contributed by atoms with Crippen molar-refractivity contribution in [1.29, 1.82) is 0 Å². The molecule has 8 heteroatoms. The van der Waals surface area contributed by atoms with Gasteiger partial charge in [-0.15, -0.1) is 0 Å². The zero-order valence-electron chi connectivity index (χ0n) is 8.07. The number of nitrogens with zero attached hydrogens (tertiary/aromatic N) is 1. The van der Waals surface area contributed by atoms with Gasteiger partial charge in [0, 0.05) is 17.4 Å². The molecule has 0 aliphatic rings. The molecule has 16 heavy (non-hydrogen) atoms. The van der Waals surface area contributed by atoms with E-state index >= 15 is 0 Å². The molecule has 1 N–H and O–H groups in total. The summed E-state index contributed by atoms with van der Waals surface area (Å²) in [5, 5.41) is 10.6. The third-order valence-corrected chi connectivity index (χ3v) is 3.85. The van der Waals surface area contributed by atoms with Gasteiger partial charge in [-0.3, -0.25) is 14.7 Å². The largest absolute Gasteiger partial charge is 0.319 e.